The van der Waals surface area contributed by atoms with Gasteiger partial charge in [-0.15, -0.1) is 0 Å². The lowest BCUT2D eigenvalue weighted by molar-refractivity contribution is 0.206. The van der Waals surface area contributed by atoms with Gasteiger partial charge in [-0.25, -0.2) is 0 Å². The lowest BCUT2D eigenvalue weighted by Crippen LogP contribution is -2.43. The predicted octanol–water partition coefficient (Wildman–Crippen LogP) is 0.245. The van der Waals surface area contributed by atoms with Gasteiger partial charge in [0, 0.05) is 38.8 Å². The molecule has 0 aromatic rings. The molecule has 0 aromatic carbocycles. The zero-order valence-electron chi connectivity index (χ0n) is 11.3. The SMILES string of the molecule is CCC(CNCCNCCN)N(CC)CC. The maximum atomic E-state index is 5.40. The third-order valence-corrected chi connectivity index (χ3v) is 2.98. The molecule has 4 N–H and O–H groups in total. The summed E-state index contributed by atoms with van der Waals surface area (Å²) in [5, 5.41) is 6.78. The van der Waals surface area contributed by atoms with Crippen LogP contribution in [0.2, 0.25) is 0 Å². The van der Waals surface area contributed by atoms with E-state index in [4.69, 9.17) is 5.73 Å². The van der Waals surface area contributed by atoms with Gasteiger partial charge in [-0.1, -0.05) is 20.8 Å². The molecule has 0 saturated heterocycles. The smallest absolute Gasteiger partial charge is 0.0217 e. The Kier molecular flexibility index (Phi) is 11.2. The van der Waals surface area contributed by atoms with Crippen molar-refractivity contribution in [3.8, 4) is 0 Å². The van der Waals surface area contributed by atoms with Crippen molar-refractivity contribution >= 4 is 0 Å². The van der Waals surface area contributed by atoms with Crippen LogP contribution in [0.25, 0.3) is 0 Å². The quantitative estimate of drug-likeness (QED) is 0.445. The van der Waals surface area contributed by atoms with Crippen LogP contribution in [0.4, 0.5) is 0 Å². The fourth-order valence-corrected chi connectivity index (χ4v) is 1.94. The van der Waals surface area contributed by atoms with Crippen LogP contribution in [-0.2, 0) is 0 Å². The largest absolute Gasteiger partial charge is 0.329 e. The zero-order valence-corrected chi connectivity index (χ0v) is 11.3. The maximum Gasteiger partial charge on any atom is 0.0217 e. The topological polar surface area (TPSA) is 53.3 Å². The number of likely N-dealkylation sites (N-methyl/N-ethyl adjacent to an activating group) is 1. The minimum Gasteiger partial charge on any atom is -0.329 e. The van der Waals surface area contributed by atoms with Crippen LogP contribution >= 0.6 is 0 Å². The summed E-state index contributed by atoms with van der Waals surface area (Å²) in [5.41, 5.74) is 5.40. The molecule has 0 spiro atoms. The van der Waals surface area contributed by atoms with Crippen LogP contribution in [-0.4, -0.2) is 56.8 Å². The molecule has 0 bridgehead atoms. The average molecular weight is 230 g/mol. The third kappa shape index (κ3) is 7.17. The van der Waals surface area contributed by atoms with Gasteiger partial charge in [0.05, 0.1) is 0 Å². The molecule has 0 aliphatic carbocycles. The molecule has 4 nitrogen and oxygen atoms in total. The second kappa shape index (κ2) is 11.3. The Bertz CT molecular complexity index is 137. The predicted molar refractivity (Wildman–Crippen MR) is 71.8 cm³/mol. The number of nitrogens with zero attached hydrogens (tertiary/aromatic N) is 1. The van der Waals surface area contributed by atoms with Crippen LogP contribution in [0.15, 0.2) is 0 Å². The van der Waals surface area contributed by atoms with E-state index >= 15 is 0 Å². The van der Waals surface area contributed by atoms with Crippen LogP contribution in [0, 0.1) is 0 Å². The van der Waals surface area contributed by atoms with E-state index in [0.717, 1.165) is 45.8 Å². The normalized spacial score (nSPS) is 13.3. The van der Waals surface area contributed by atoms with E-state index in [2.05, 4.69) is 36.3 Å². The molecule has 0 aromatic heterocycles. The van der Waals surface area contributed by atoms with Crippen LogP contribution in [0.3, 0.4) is 0 Å². The Morgan fingerprint density at radius 1 is 1.00 bits per heavy atom. The molecule has 0 aliphatic rings. The molecular formula is C12H30N4. The summed E-state index contributed by atoms with van der Waals surface area (Å²) in [6, 6.07) is 0.671. The second-order valence-corrected chi connectivity index (χ2v) is 4.03. The van der Waals surface area contributed by atoms with E-state index in [-0.39, 0.29) is 0 Å². The molecule has 0 fully saturated rings. The summed E-state index contributed by atoms with van der Waals surface area (Å²) in [4.78, 5) is 2.51. The molecule has 0 rings (SSSR count). The van der Waals surface area contributed by atoms with Gasteiger partial charge in [0.25, 0.3) is 0 Å². The van der Waals surface area contributed by atoms with Gasteiger partial charge in [-0.2, -0.15) is 0 Å². The summed E-state index contributed by atoms with van der Waals surface area (Å²) in [5.74, 6) is 0. The second-order valence-electron chi connectivity index (χ2n) is 4.03. The number of hydrogen-bond acceptors (Lipinski definition) is 4. The van der Waals surface area contributed by atoms with Gasteiger partial charge in [0.15, 0.2) is 0 Å². The van der Waals surface area contributed by atoms with Crippen molar-refractivity contribution in [2.24, 2.45) is 5.73 Å². The van der Waals surface area contributed by atoms with Crippen molar-refractivity contribution in [2.45, 2.75) is 33.2 Å². The van der Waals surface area contributed by atoms with Crippen molar-refractivity contribution in [1.82, 2.24) is 15.5 Å². The summed E-state index contributed by atoms with van der Waals surface area (Å²) >= 11 is 0. The van der Waals surface area contributed by atoms with Crippen LogP contribution in [0.5, 0.6) is 0 Å². The van der Waals surface area contributed by atoms with E-state index < -0.39 is 0 Å². The molecule has 0 amide bonds. The highest BCUT2D eigenvalue weighted by atomic mass is 15.2. The highest BCUT2D eigenvalue weighted by molar-refractivity contribution is 4.71. The number of rotatable bonds is 11. The molecule has 1 atom stereocenters. The lowest BCUT2D eigenvalue weighted by atomic mass is 10.2. The fourth-order valence-electron chi connectivity index (χ4n) is 1.94. The van der Waals surface area contributed by atoms with Crippen LogP contribution in [0.1, 0.15) is 27.2 Å². The van der Waals surface area contributed by atoms with Crippen LogP contribution < -0.4 is 16.4 Å². The molecule has 4 heteroatoms. The van der Waals surface area contributed by atoms with E-state index in [9.17, 15) is 0 Å². The molecule has 0 saturated carbocycles. The summed E-state index contributed by atoms with van der Waals surface area (Å²) in [6.45, 7) is 13.8. The first kappa shape index (κ1) is 15.8. The first-order valence-corrected chi connectivity index (χ1v) is 6.65. The monoisotopic (exact) mass is 230 g/mol. The number of nitrogens with one attached hydrogen (secondary N) is 2. The lowest BCUT2D eigenvalue weighted by Gasteiger charge is -2.29. The molecule has 0 aliphatic heterocycles. The maximum absolute atomic E-state index is 5.40. The van der Waals surface area contributed by atoms with Gasteiger partial charge in [0.2, 0.25) is 0 Å². The first-order chi connectivity index (χ1) is 7.79. The molecule has 16 heavy (non-hydrogen) atoms. The van der Waals surface area contributed by atoms with Gasteiger partial charge in [-0.05, 0) is 19.5 Å². The van der Waals surface area contributed by atoms with E-state index in [1.807, 2.05) is 0 Å². The van der Waals surface area contributed by atoms with Crippen molar-refractivity contribution in [2.75, 3.05) is 45.8 Å². The van der Waals surface area contributed by atoms with E-state index in [1.54, 1.807) is 0 Å². The van der Waals surface area contributed by atoms with E-state index in [0.29, 0.717) is 6.04 Å². The fraction of sp³-hybridized carbons (Fsp3) is 1.00. The molecule has 0 heterocycles. The first-order valence-electron chi connectivity index (χ1n) is 6.65. The molecule has 0 radical (unpaired) electrons. The standard InChI is InChI=1S/C12H30N4/c1-4-12(16(5-2)6-3)11-15-10-9-14-8-7-13/h12,14-15H,4-11,13H2,1-3H3. The minimum absolute atomic E-state index is 0.671. The number of hydrogen-bond donors (Lipinski definition) is 3. The summed E-state index contributed by atoms with van der Waals surface area (Å²) in [6.07, 6.45) is 1.21. The Hall–Kier alpha value is -0.160. The highest BCUT2D eigenvalue weighted by Crippen LogP contribution is 2.01. The van der Waals surface area contributed by atoms with Gasteiger partial charge >= 0.3 is 0 Å². The highest BCUT2D eigenvalue weighted by Gasteiger charge is 2.12. The van der Waals surface area contributed by atoms with Gasteiger partial charge in [-0.3, -0.25) is 4.90 Å². The van der Waals surface area contributed by atoms with Gasteiger partial charge < -0.3 is 16.4 Å². The Balaban J connectivity index is 3.54. The molecular weight excluding hydrogens is 200 g/mol. The minimum atomic E-state index is 0.671. The summed E-state index contributed by atoms with van der Waals surface area (Å²) in [7, 11) is 0. The average Bonchev–Trinajstić information content (AvgIpc) is 2.32. The molecule has 98 valence electrons. The zero-order chi connectivity index (χ0) is 12.2. The Morgan fingerprint density at radius 3 is 2.12 bits per heavy atom. The third-order valence-electron chi connectivity index (χ3n) is 2.98. The van der Waals surface area contributed by atoms with E-state index in [1.165, 1.54) is 6.42 Å². The van der Waals surface area contributed by atoms with Crippen molar-refractivity contribution in [1.29, 1.82) is 0 Å². The number of nitrogens with two attached hydrogens (primary N) is 1. The molecule has 1 unspecified atom stereocenters. The van der Waals surface area contributed by atoms with Gasteiger partial charge in [0.1, 0.15) is 0 Å². The van der Waals surface area contributed by atoms with Crippen molar-refractivity contribution in [3.63, 3.8) is 0 Å². The van der Waals surface area contributed by atoms with Crippen molar-refractivity contribution in [3.05, 3.63) is 0 Å². The Morgan fingerprint density at radius 2 is 1.62 bits per heavy atom. The van der Waals surface area contributed by atoms with Crippen molar-refractivity contribution < 1.29 is 0 Å². The summed E-state index contributed by atoms with van der Waals surface area (Å²) < 4.78 is 0. The Labute approximate surface area is 101 Å².